The molecule has 0 aliphatic rings. The molecule has 0 N–H and O–H groups in total. The van der Waals surface area contributed by atoms with Crippen LogP contribution in [0.3, 0.4) is 0 Å². The fourth-order valence-electron chi connectivity index (χ4n) is 1.34. The lowest BCUT2D eigenvalue weighted by Gasteiger charge is -2.20. The molecular weight excluding hydrogens is 218 g/mol. The molecule has 88 valence electrons. The molecule has 1 atom stereocenters. The Morgan fingerprint density at radius 3 is 1.07 bits per heavy atom. The van der Waals surface area contributed by atoms with E-state index in [1.807, 2.05) is 0 Å². The molecule has 1 unspecified atom stereocenters. The molecule has 0 rings (SSSR count). The number of carbonyl (C=O) groups excluding carboxylic acids is 1. The zero-order chi connectivity index (χ0) is 10.9. The normalized spacial score (nSPS) is 9.43. The van der Waals surface area contributed by atoms with Crippen molar-refractivity contribution in [2.24, 2.45) is 0 Å². The van der Waals surface area contributed by atoms with Gasteiger partial charge in [0.25, 0.3) is 0 Å². The predicted molar refractivity (Wildman–Crippen MR) is 67.0 cm³/mol. The minimum absolute atomic E-state index is 0. The molecule has 5 heteroatoms. The lowest BCUT2D eigenvalue weighted by Crippen LogP contribution is -2.37. The summed E-state index contributed by atoms with van der Waals surface area (Å²) < 4.78 is 0. The molecule has 0 aromatic rings. The van der Waals surface area contributed by atoms with E-state index >= 15 is 0 Å². The Balaban J connectivity index is -0.000000209. The van der Waals surface area contributed by atoms with Gasteiger partial charge in [-0.25, -0.2) is 0 Å². The summed E-state index contributed by atoms with van der Waals surface area (Å²) in [7, 11) is -0.420. The van der Waals surface area contributed by atoms with Gasteiger partial charge in [0, 0.05) is 7.26 Å². The van der Waals surface area contributed by atoms with Crippen LogP contribution in [0.2, 0.25) is 0 Å². The van der Waals surface area contributed by atoms with Crippen LogP contribution in [0.15, 0.2) is 0 Å². The minimum Gasteiger partial charge on any atom is -0.652 e. The van der Waals surface area contributed by atoms with Crippen molar-refractivity contribution in [2.45, 2.75) is 27.7 Å². The lowest BCUT2D eigenvalue weighted by atomic mass is 10.9. The van der Waals surface area contributed by atoms with Crippen LogP contribution in [0.4, 0.5) is 4.79 Å². The zero-order valence-electron chi connectivity index (χ0n) is 10.0. The molecule has 0 spiro atoms. The summed E-state index contributed by atoms with van der Waals surface area (Å²) in [6.45, 7) is 9.41. The SMILES string of the molecule is CC[P+](CC)(CC)CC.O=C([O-])[O-].[PH4+]. The topological polar surface area (TPSA) is 63.2 Å². The van der Waals surface area contributed by atoms with Crippen LogP contribution < -0.4 is 10.2 Å². The first-order chi connectivity index (χ1) is 5.97. The third-order valence-corrected chi connectivity index (χ3v) is 8.05. The summed E-state index contributed by atoms with van der Waals surface area (Å²) in [6.07, 6.45) is 3.49. The van der Waals surface area contributed by atoms with Crippen LogP contribution in [0.5, 0.6) is 0 Å². The minimum atomic E-state index is -2.33. The van der Waals surface area contributed by atoms with Gasteiger partial charge in [-0.05, 0) is 43.7 Å². The van der Waals surface area contributed by atoms with E-state index in [0.717, 1.165) is 0 Å². The van der Waals surface area contributed by atoms with Gasteiger partial charge in [-0.2, -0.15) is 0 Å². The monoisotopic (exact) mass is 242 g/mol. The van der Waals surface area contributed by atoms with Gasteiger partial charge in [0.1, 0.15) is 0 Å². The largest absolute Gasteiger partial charge is 0.652 e. The highest BCUT2D eigenvalue weighted by Gasteiger charge is 2.27. The third kappa shape index (κ3) is 10.2. The highest BCUT2D eigenvalue weighted by molar-refractivity contribution is 7.75. The molecule has 0 aliphatic carbocycles. The molecule has 0 heterocycles. The Morgan fingerprint density at radius 2 is 1.07 bits per heavy atom. The van der Waals surface area contributed by atoms with Crippen molar-refractivity contribution in [1.29, 1.82) is 0 Å². The van der Waals surface area contributed by atoms with Gasteiger partial charge in [-0.3, -0.25) is 0 Å². The maximum atomic E-state index is 8.33. The van der Waals surface area contributed by atoms with E-state index in [9.17, 15) is 0 Å². The smallest absolute Gasteiger partial charge is 0.0565 e. The van der Waals surface area contributed by atoms with Crippen molar-refractivity contribution in [1.82, 2.24) is 0 Å². The molecule has 0 bridgehead atoms. The van der Waals surface area contributed by atoms with Crippen molar-refractivity contribution in [3.63, 3.8) is 0 Å². The van der Waals surface area contributed by atoms with Crippen molar-refractivity contribution in [2.75, 3.05) is 24.6 Å². The van der Waals surface area contributed by atoms with E-state index in [1.165, 1.54) is 24.6 Å². The quantitative estimate of drug-likeness (QED) is 0.671. The Hall–Kier alpha value is 0.130. The summed E-state index contributed by atoms with van der Waals surface area (Å²) in [4.78, 5) is 8.33. The summed E-state index contributed by atoms with van der Waals surface area (Å²) in [5, 5.41) is 16.7. The van der Waals surface area contributed by atoms with Crippen LogP contribution in [-0.4, -0.2) is 30.8 Å². The average molecular weight is 242 g/mol. The molecule has 0 amide bonds. The summed E-state index contributed by atoms with van der Waals surface area (Å²) in [5.41, 5.74) is 0. The highest BCUT2D eigenvalue weighted by Crippen LogP contribution is 2.57. The van der Waals surface area contributed by atoms with Crippen molar-refractivity contribution < 1.29 is 15.0 Å². The molecule has 0 aliphatic heterocycles. The van der Waals surface area contributed by atoms with Gasteiger partial charge in [0.15, 0.2) is 0 Å². The number of hydrogen-bond acceptors (Lipinski definition) is 3. The molecule has 0 aromatic carbocycles. The first-order valence-corrected chi connectivity index (χ1v) is 7.24. The van der Waals surface area contributed by atoms with E-state index in [4.69, 9.17) is 15.0 Å². The molecule has 0 saturated carbocycles. The molecule has 0 fully saturated rings. The van der Waals surface area contributed by atoms with E-state index in [-0.39, 0.29) is 9.90 Å². The standard InChI is InChI=1S/C8H20P.CH2O3.H3P/c1-5-9(6-2,7-3)8-4;2-1(3)4;/h5-8H2,1-4H3;(H2,2,3,4);1H3/q+1;;/p-1. The second kappa shape index (κ2) is 11.2. The van der Waals surface area contributed by atoms with Crippen LogP contribution in [-0.2, 0) is 0 Å². The number of hydrogen-bond donors (Lipinski definition) is 0. The van der Waals surface area contributed by atoms with Gasteiger partial charge in [0.05, 0.1) is 24.6 Å². The summed E-state index contributed by atoms with van der Waals surface area (Å²) in [6, 6.07) is 0. The molecule has 3 nitrogen and oxygen atoms in total. The van der Waals surface area contributed by atoms with Crippen LogP contribution in [0.25, 0.3) is 0 Å². The second-order valence-corrected chi connectivity index (χ2v) is 8.07. The highest BCUT2D eigenvalue weighted by atomic mass is 31.2. The van der Waals surface area contributed by atoms with Crippen LogP contribution >= 0.6 is 17.2 Å². The van der Waals surface area contributed by atoms with E-state index in [0.29, 0.717) is 0 Å². The van der Waals surface area contributed by atoms with E-state index in [1.54, 1.807) is 0 Å². The number of carboxylic acid groups (broad SMARTS) is 2. The summed E-state index contributed by atoms with van der Waals surface area (Å²) in [5.74, 6) is 0. The number of rotatable bonds is 4. The van der Waals surface area contributed by atoms with Gasteiger partial charge >= 0.3 is 0 Å². The van der Waals surface area contributed by atoms with Crippen molar-refractivity contribution in [3.8, 4) is 0 Å². The first-order valence-electron chi connectivity index (χ1n) is 4.71. The molecule has 0 radical (unpaired) electrons. The van der Waals surface area contributed by atoms with E-state index < -0.39 is 13.4 Å². The maximum Gasteiger partial charge on any atom is 0.0565 e. The van der Waals surface area contributed by atoms with Crippen LogP contribution in [0, 0.1) is 0 Å². The molecule has 14 heavy (non-hydrogen) atoms. The lowest BCUT2D eigenvalue weighted by molar-refractivity contribution is -0.415. The van der Waals surface area contributed by atoms with E-state index in [2.05, 4.69) is 27.7 Å². The Labute approximate surface area is 91.3 Å². The number of carbonyl (C=O) groups is 1. The fourth-order valence-corrected chi connectivity index (χ4v) is 4.02. The Kier molecular flexibility index (Phi) is 15.7. The molecule has 0 saturated heterocycles. The summed E-state index contributed by atoms with van der Waals surface area (Å²) >= 11 is 0. The van der Waals surface area contributed by atoms with Crippen molar-refractivity contribution in [3.05, 3.63) is 0 Å². The van der Waals surface area contributed by atoms with Crippen molar-refractivity contribution >= 4 is 23.3 Å². The third-order valence-electron chi connectivity index (χ3n) is 2.68. The molecular formula is C9H24O3P2. The molecule has 0 aromatic heterocycles. The first kappa shape index (κ1) is 19.7. The fraction of sp³-hybridized carbons (Fsp3) is 0.889. The van der Waals surface area contributed by atoms with Gasteiger partial charge in [-0.15, -0.1) is 0 Å². The Bertz CT molecular complexity index is 115. The average Bonchev–Trinajstić information content (AvgIpc) is 2.09. The predicted octanol–water partition coefficient (Wildman–Crippen LogP) is 0.427. The van der Waals surface area contributed by atoms with Crippen LogP contribution in [0.1, 0.15) is 27.7 Å². The van der Waals surface area contributed by atoms with Gasteiger partial charge < -0.3 is 15.0 Å². The second-order valence-electron chi connectivity index (χ2n) is 2.86. The van der Waals surface area contributed by atoms with Gasteiger partial charge in [-0.1, -0.05) is 0 Å². The maximum absolute atomic E-state index is 8.33. The zero-order valence-corrected chi connectivity index (χ0v) is 12.9. The Morgan fingerprint density at radius 1 is 0.929 bits per heavy atom. The van der Waals surface area contributed by atoms with Gasteiger partial charge in [0.2, 0.25) is 0 Å².